The zero-order chi connectivity index (χ0) is 25.1. The Labute approximate surface area is 208 Å². The zero-order valence-electron chi connectivity index (χ0n) is 20.0. The SMILES string of the molecule is O=C1N(CCC2CCN(CC3COc4ccccc4O3)CC2)CCN1c1ccc(OC(F)(F)F)cc1. The maximum absolute atomic E-state index is 12.9. The van der Waals surface area contributed by atoms with Crippen LogP contribution in [0.3, 0.4) is 0 Å². The molecule has 2 aromatic carbocycles. The lowest BCUT2D eigenvalue weighted by Gasteiger charge is -2.36. The number of fused-ring (bicyclic) bond motifs is 1. The van der Waals surface area contributed by atoms with Gasteiger partial charge in [-0.05, 0) is 74.7 Å². The molecule has 7 nitrogen and oxygen atoms in total. The minimum absolute atomic E-state index is 0.0266. The number of carbonyl (C=O) groups is 1. The Morgan fingerprint density at radius 3 is 2.39 bits per heavy atom. The summed E-state index contributed by atoms with van der Waals surface area (Å²) in [6, 6.07) is 13.1. The summed E-state index contributed by atoms with van der Waals surface area (Å²) < 4.78 is 52.9. The minimum atomic E-state index is -4.73. The summed E-state index contributed by atoms with van der Waals surface area (Å²) in [7, 11) is 0. The van der Waals surface area contributed by atoms with Gasteiger partial charge in [-0.25, -0.2) is 4.79 Å². The fraction of sp³-hybridized carbons (Fsp3) is 0.500. The zero-order valence-corrected chi connectivity index (χ0v) is 20.0. The first kappa shape index (κ1) is 24.5. The highest BCUT2D eigenvalue weighted by Crippen LogP contribution is 2.32. The molecule has 0 radical (unpaired) electrons. The molecule has 5 rings (SSSR count). The molecule has 3 aliphatic heterocycles. The Kier molecular flexibility index (Phi) is 7.13. The van der Waals surface area contributed by atoms with Gasteiger partial charge in [0.05, 0.1) is 0 Å². The quantitative estimate of drug-likeness (QED) is 0.543. The van der Waals surface area contributed by atoms with Crippen molar-refractivity contribution in [2.24, 2.45) is 5.92 Å². The first-order valence-corrected chi connectivity index (χ1v) is 12.4. The lowest BCUT2D eigenvalue weighted by Crippen LogP contribution is -2.44. The second kappa shape index (κ2) is 10.5. The first-order valence-electron chi connectivity index (χ1n) is 12.4. The Hall–Kier alpha value is -3.14. The van der Waals surface area contributed by atoms with E-state index in [1.165, 1.54) is 24.3 Å². The van der Waals surface area contributed by atoms with Crippen molar-refractivity contribution in [2.75, 3.05) is 50.8 Å². The molecular formula is C26H30F3N3O4. The average molecular weight is 506 g/mol. The van der Waals surface area contributed by atoms with E-state index < -0.39 is 6.36 Å². The van der Waals surface area contributed by atoms with Crippen LogP contribution in [0.2, 0.25) is 0 Å². The molecule has 2 saturated heterocycles. The van der Waals surface area contributed by atoms with Crippen LogP contribution in [-0.4, -0.2) is 74.2 Å². The van der Waals surface area contributed by atoms with Crippen LogP contribution in [0.4, 0.5) is 23.7 Å². The molecule has 0 bridgehead atoms. The first-order chi connectivity index (χ1) is 17.3. The monoisotopic (exact) mass is 505 g/mol. The Morgan fingerprint density at radius 1 is 0.944 bits per heavy atom. The van der Waals surface area contributed by atoms with Crippen LogP contribution in [0.5, 0.6) is 17.2 Å². The number of rotatable bonds is 7. The summed E-state index contributed by atoms with van der Waals surface area (Å²) in [6.45, 7) is 5.21. The number of hydrogen-bond donors (Lipinski definition) is 0. The van der Waals surface area contributed by atoms with Crippen LogP contribution in [0, 0.1) is 5.92 Å². The number of halogens is 3. The van der Waals surface area contributed by atoms with Gasteiger partial charge in [0.15, 0.2) is 11.5 Å². The molecule has 2 fully saturated rings. The van der Waals surface area contributed by atoms with E-state index >= 15 is 0 Å². The Balaban J connectivity index is 1.04. The van der Waals surface area contributed by atoms with Gasteiger partial charge in [0.2, 0.25) is 0 Å². The van der Waals surface area contributed by atoms with Crippen LogP contribution < -0.4 is 19.1 Å². The maximum atomic E-state index is 12.9. The van der Waals surface area contributed by atoms with Crippen LogP contribution in [0.25, 0.3) is 0 Å². The van der Waals surface area contributed by atoms with Crippen molar-refractivity contribution in [2.45, 2.75) is 31.7 Å². The van der Waals surface area contributed by atoms with E-state index in [9.17, 15) is 18.0 Å². The van der Waals surface area contributed by atoms with Gasteiger partial charge in [-0.1, -0.05) is 12.1 Å². The van der Waals surface area contributed by atoms with E-state index in [1.54, 1.807) is 4.90 Å². The summed E-state index contributed by atoms with van der Waals surface area (Å²) in [5, 5.41) is 0. The van der Waals surface area contributed by atoms with Gasteiger partial charge >= 0.3 is 12.4 Å². The van der Waals surface area contributed by atoms with Gasteiger partial charge in [-0.15, -0.1) is 13.2 Å². The number of urea groups is 1. The molecule has 10 heteroatoms. The largest absolute Gasteiger partial charge is 0.573 e. The van der Waals surface area contributed by atoms with E-state index in [1.807, 2.05) is 29.2 Å². The van der Waals surface area contributed by atoms with E-state index in [2.05, 4.69) is 9.64 Å². The molecule has 0 aromatic heterocycles. The summed E-state index contributed by atoms with van der Waals surface area (Å²) >= 11 is 0. The fourth-order valence-corrected chi connectivity index (χ4v) is 5.09. The molecule has 0 spiro atoms. The second-order valence-electron chi connectivity index (χ2n) is 9.49. The summed E-state index contributed by atoms with van der Waals surface area (Å²) in [4.78, 5) is 18.7. The van der Waals surface area contributed by atoms with E-state index in [-0.39, 0.29) is 17.9 Å². The smallest absolute Gasteiger partial charge is 0.486 e. The number of likely N-dealkylation sites (tertiary alicyclic amines) is 1. The molecule has 3 heterocycles. The van der Waals surface area contributed by atoms with Crippen molar-refractivity contribution in [1.82, 2.24) is 9.80 Å². The number of hydrogen-bond acceptors (Lipinski definition) is 5. The average Bonchev–Trinajstić information content (AvgIpc) is 3.23. The fourth-order valence-electron chi connectivity index (χ4n) is 5.09. The second-order valence-corrected chi connectivity index (χ2v) is 9.49. The van der Waals surface area contributed by atoms with Crippen molar-refractivity contribution in [1.29, 1.82) is 0 Å². The number of anilines is 1. The topological polar surface area (TPSA) is 54.5 Å². The maximum Gasteiger partial charge on any atom is 0.573 e. The Bertz CT molecular complexity index is 1040. The van der Waals surface area contributed by atoms with Gasteiger partial charge in [-0.3, -0.25) is 9.80 Å². The van der Waals surface area contributed by atoms with Gasteiger partial charge in [0.25, 0.3) is 0 Å². The standard InChI is InChI=1S/C26H30F3N3O4/c27-26(28,29)36-21-7-5-20(6-8-21)32-16-15-31(25(32)33)14-11-19-9-12-30(13-10-19)17-22-18-34-23-3-1-2-4-24(23)35-22/h1-8,19,22H,9-18H2. The highest BCUT2D eigenvalue weighted by Gasteiger charge is 2.33. The lowest BCUT2D eigenvalue weighted by atomic mass is 9.93. The van der Waals surface area contributed by atoms with E-state index in [0.717, 1.165) is 50.4 Å². The van der Waals surface area contributed by atoms with Crippen molar-refractivity contribution in [3.05, 3.63) is 48.5 Å². The molecule has 2 amide bonds. The number of ether oxygens (including phenoxy) is 3. The van der Waals surface area contributed by atoms with Crippen LogP contribution in [-0.2, 0) is 0 Å². The molecule has 1 atom stereocenters. The van der Waals surface area contributed by atoms with Gasteiger partial charge in [0.1, 0.15) is 18.5 Å². The highest BCUT2D eigenvalue weighted by molar-refractivity contribution is 5.94. The van der Waals surface area contributed by atoms with Gasteiger partial charge in [0, 0.05) is 31.9 Å². The molecule has 1 unspecified atom stereocenters. The van der Waals surface area contributed by atoms with Crippen molar-refractivity contribution in [3.63, 3.8) is 0 Å². The summed E-state index contributed by atoms with van der Waals surface area (Å²) in [5.74, 6) is 1.87. The molecule has 3 aliphatic rings. The number of alkyl halides is 3. The molecule has 2 aromatic rings. The van der Waals surface area contributed by atoms with E-state index in [0.29, 0.717) is 37.8 Å². The van der Waals surface area contributed by atoms with Crippen LogP contribution in [0.1, 0.15) is 19.3 Å². The van der Waals surface area contributed by atoms with Crippen LogP contribution in [0.15, 0.2) is 48.5 Å². The molecule has 0 N–H and O–H groups in total. The number of amides is 2. The summed E-state index contributed by atoms with van der Waals surface area (Å²) in [5.41, 5.74) is 0.571. The third-order valence-corrected chi connectivity index (χ3v) is 7.02. The molecular weight excluding hydrogens is 475 g/mol. The van der Waals surface area contributed by atoms with Crippen molar-refractivity contribution < 1.29 is 32.2 Å². The van der Waals surface area contributed by atoms with Crippen molar-refractivity contribution in [3.8, 4) is 17.2 Å². The Morgan fingerprint density at radius 2 is 1.67 bits per heavy atom. The van der Waals surface area contributed by atoms with Gasteiger partial charge < -0.3 is 19.1 Å². The normalized spacial score (nSPS) is 21.2. The van der Waals surface area contributed by atoms with E-state index in [4.69, 9.17) is 9.47 Å². The lowest BCUT2D eigenvalue weighted by molar-refractivity contribution is -0.274. The molecule has 0 saturated carbocycles. The predicted molar refractivity (Wildman–Crippen MR) is 128 cm³/mol. The number of carbonyl (C=O) groups excluding carboxylic acids is 1. The summed E-state index contributed by atoms with van der Waals surface area (Å²) in [6.07, 6.45) is -1.60. The van der Waals surface area contributed by atoms with Gasteiger partial charge in [-0.2, -0.15) is 0 Å². The minimum Gasteiger partial charge on any atom is -0.486 e. The van der Waals surface area contributed by atoms with Crippen molar-refractivity contribution >= 4 is 11.7 Å². The molecule has 194 valence electrons. The number of para-hydroxylation sites is 2. The third kappa shape index (κ3) is 5.98. The number of nitrogens with zero attached hydrogens (tertiary/aromatic N) is 3. The predicted octanol–water partition coefficient (Wildman–Crippen LogP) is 4.77. The molecule has 0 aliphatic carbocycles. The van der Waals surface area contributed by atoms with Crippen LogP contribution >= 0.6 is 0 Å². The third-order valence-electron chi connectivity index (χ3n) is 7.02. The number of piperidine rings is 1. The number of benzene rings is 2. The molecule has 36 heavy (non-hydrogen) atoms. The highest BCUT2D eigenvalue weighted by atomic mass is 19.4.